The van der Waals surface area contributed by atoms with Gasteiger partial charge in [-0.25, -0.2) is 5.32 Å². The van der Waals surface area contributed by atoms with Gasteiger partial charge in [-0.15, -0.1) is 0 Å². The summed E-state index contributed by atoms with van der Waals surface area (Å²) in [6, 6.07) is 0.564. The summed E-state index contributed by atoms with van der Waals surface area (Å²) < 4.78 is 0. The van der Waals surface area contributed by atoms with Crippen LogP contribution in [0.3, 0.4) is 0 Å². The summed E-state index contributed by atoms with van der Waals surface area (Å²) in [7, 11) is 0. The number of piperazine rings is 1. The maximum atomic E-state index is 4.58. The molecule has 1 atom stereocenters. The van der Waals surface area contributed by atoms with Gasteiger partial charge in [-0.1, -0.05) is 13.8 Å². The topological polar surface area (TPSA) is 29.4 Å². The average molecular weight is 184 g/mol. The summed E-state index contributed by atoms with van der Waals surface area (Å²) in [6.07, 6.45) is 1.22. The van der Waals surface area contributed by atoms with E-state index in [0.29, 0.717) is 6.04 Å². The van der Waals surface area contributed by atoms with Crippen molar-refractivity contribution in [1.29, 1.82) is 0 Å². The molecule has 0 amide bonds. The van der Waals surface area contributed by atoms with Crippen LogP contribution >= 0.6 is 0 Å². The first-order valence-corrected chi connectivity index (χ1v) is 5.46. The molecule has 1 aliphatic heterocycles. The van der Waals surface area contributed by atoms with Crippen molar-refractivity contribution in [2.75, 3.05) is 39.3 Å². The highest BCUT2D eigenvalue weighted by atomic mass is 15.1. The first kappa shape index (κ1) is 11.0. The molecule has 1 unspecified atom stereocenters. The lowest BCUT2D eigenvalue weighted by Crippen LogP contribution is -2.45. The number of hydrogen-bond acceptors (Lipinski definition) is 2. The lowest BCUT2D eigenvalue weighted by molar-refractivity contribution is 0.270. The SMILES string of the molecule is CCN(CC)CCC1CNCC[N]1. The maximum Gasteiger partial charge on any atom is 0.0383 e. The highest BCUT2D eigenvalue weighted by Crippen LogP contribution is 1.99. The van der Waals surface area contributed by atoms with Crippen molar-refractivity contribution in [3.63, 3.8) is 0 Å². The molecular formula is C10H22N3. The third-order valence-corrected chi connectivity index (χ3v) is 2.73. The van der Waals surface area contributed by atoms with E-state index in [1.54, 1.807) is 0 Å². The fourth-order valence-corrected chi connectivity index (χ4v) is 1.72. The van der Waals surface area contributed by atoms with Gasteiger partial charge < -0.3 is 10.2 Å². The largest absolute Gasteiger partial charge is 0.314 e. The Bertz CT molecular complexity index is 117. The van der Waals surface area contributed by atoms with Gasteiger partial charge in [0.2, 0.25) is 0 Å². The van der Waals surface area contributed by atoms with E-state index in [2.05, 4.69) is 29.4 Å². The van der Waals surface area contributed by atoms with E-state index in [1.807, 2.05) is 0 Å². The zero-order valence-corrected chi connectivity index (χ0v) is 8.92. The lowest BCUT2D eigenvalue weighted by Gasteiger charge is -2.25. The average Bonchev–Trinajstić information content (AvgIpc) is 2.21. The van der Waals surface area contributed by atoms with Gasteiger partial charge in [0.15, 0.2) is 0 Å². The quantitative estimate of drug-likeness (QED) is 0.665. The minimum absolute atomic E-state index is 0.564. The Morgan fingerprint density at radius 3 is 2.69 bits per heavy atom. The lowest BCUT2D eigenvalue weighted by atomic mass is 10.1. The monoisotopic (exact) mass is 184 g/mol. The van der Waals surface area contributed by atoms with Gasteiger partial charge in [0, 0.05) is 25.7 Å². The Morgan fingerprint density at radius 1 is 1.38 bits per heavy atom. The van der Waals surface area contributed by atoms with E-state index in [4.69, 9.17) is 0 Å². The minimum atomic E-state index is 0.564. The molecule has 0 spiro atoms. The van der Waals surface area contributed by atoms with E-state index in [-0.39, 0.29) is 0 Å². The molecule has 0 bridgehead atoms. The Balaban J connectivity index is 2.09. The van der Waals surface area contributed by atoms with Crippen molar-refractivity contribution in [2.24, 2.45) is 0 Å². The molecule has 3 nitrogen and oxygen atoms in total. The Hall–Kier alpha value is -0.120. The molecule has 0 saturated carbocycles. The van der Waals surface area contributed by atoms with Crippen LogP contribution in [0, 0.1) is 0 Å². The molecule has 1 heterocycles. The van der Waals surface area contributed by atoms with Crippen molar-refractivity contribution < 1.29 is 0 Å². The van der Waals surface area contributed by atoms with Crippen molar-refractivity contribution in [1.82, 2.24) is 15.5 Å². The van der Waals surface area contributed by atoms with E-state index >= 15 is 0 Å². The predicted molar refractivity (Wildman–Crippen MR) is 56.1 cm³/mol. The Morgan fingerprint density at radius 2 is 2.15 bits per heavy atom. The van der Waals surface area contributed by atoms with Gasteiger partial charge in [0.25, 0.3) is 0 Å². The highest BCUT2D eigenvalue weighted by molar-refractivity contribution is 4.75. The first-order valence-electron chi connectivity index (χ1n) is 5.46. The van der Waals surface area contributed by atoms with Crippen LogP contribution in [-0.4, -0.2) is 50.2 Å². The second-order valence-corrected chi connectivity index (χ2v) is 3.58. The third kappa shape index (κ3) is 4.07. The fraction of sp³-hybridized carbons (Fsp3) is 1.00. The summed E-state index contributed by atoms with van der Waals surface area (Å²) in [5.74, 6) is 0. The summed E-state index contributed by atoms with van der Waals surface area (Å²) in [4.78, 5) is 2.46. The molecule has 0 aromatic rings. The molecule has 1 aliphatic rings. The third-order valence-electron chi connectivity index (χ3n) is 2.73. The normalized spacial score (nSPS) is 23.8. The number of nitrogens with one attached hydrogen (secondary N) is 1. The Labute approximate surface area is 81.9 Å². The van der Waals surface area contributed by atoms with Crippen LogP contribution in [0.25, 0.3) is 0 Å². The molecule has 1 N–H and O–H groups in total. The van der Waals surface area contributed by atoms with Gasteiger partial charge in [0.05, 0.1) is 0 Å². The van der Waals surface area contributed by atoms with Gasteiger partial charge >= 0.3 is 0 Å². The zero-order chi connectivity index (χ0) is 9.52. The van der Waals surface area contributed by atoms with Crippen LogP contribution in [0.2, 0.25) is 0 Å². The van der Waals surface area contributed by atoms with Crippen LogP contribution in [0.1, 0.15) is 20.3 Å². The number of rotatable bonds is 5. The molecule has 1 fully saturated rings. The van der Waals surface area contributed by atoms with Crippen molar-refractivity contribution in [3.8, 4) is 0 Å². The summed E-state index contributed by atoms with van der Waals surface area (Å²) in [5, 5.41) is 7.96. The molecule has 1 rings (SSSR count). The van der Waals surface area contributed by atoms with E-state index < -0.39 is 0 Å². The number of hydrogen-bond donors (Lipinski definition) is 1. The van der Waals surface area contributed by atoms with Gasteiger partial charge in [0.1, 0.15) is 0 Å². The van der Waals surface area contributed by atoms with Crippen molar-refractivity contribution in [2.45, 2.75) is 26.3 Å². The van der Waals surface area contributed by atoms with Crippen molar-refractivity contribution in [3.05, 3.63) is 0 Å². The van der Waals surface area contributed by atoms with E-state index in [1.165, 1.54) is 13.0 Å². The van der Waals surface area contributed by atoms with Crippen LogP contribution in [-0.2, 0) is 0 Å². The molecule has 77 valence electrons. The van der Waals surface area contributed by atoms with Crippen LogP contribution < -0.4 is 10.6 Å². The fourth-order valence-electron chi connectivity index (χ4n) is 1.72. The molecule has 1 saturated heterocycles. The summed E-state index contributed by atoms with van der Waals surface area (Å²) in [6.45, 7) is 11.1. The Kier molecular flexibility index (Phi) is 5.35. The predicted octanol–water partition coefficient (Wildman–Crippen LogP) is 0.295. The zero-order valence-electron chi connectivity index (χ0n) is 8.92. The first-order chi connectivity index (χ1) is 6.36. The summed E-state index contributed by atoms with van der Waals surface area (Å²) in [5.41, 5.74) is 0. The molecule has 13 heavy (non-hydrogen) atoms. The maximum absolute atomic E-state index is 4.58. The number of nitrogens with zero attached hydrogens (tertiary/aromatic N) is 2. The standard InChI is InChI=1S/C10H22N3/c1-3-13(4-2)8-5-10-9-11-6-7-12-10/h10-11H,3-9H2,1-2H3. The van der Waals surface area contributed by atoms with Crippen LogP contribution in [0.4, 0.5) is 0 Å². The van der Waals surface area contributed by atoms with E-state index in [0.717, 1.165) is 32.7 Å². The van der Waals surface area contributed by atoms with E-state index in [9.17, 15) is 0 Å². The second-order valence-electron chi connectivity index (χ2n) is 3.58. The van der Waals surface area contributed by atoms with Gasteiger partial charge in [-0.2, -0.15) is 0 Å². The second kappa shape index (κ2) is 6.35. The van der Waals surface area contributed by atoms with Crippen LogP contribution in [0.15, 0.2) is 0 Å². The molecule has 0 aromatic heterocycles. The van der Waals surface area contributed by atoms with Gasteiger partial charge in [-0.3, -0.25) is 0 Å². The minimum Gasteiger partial charge on any atom is -0.314 e. The molecule has 0 aromatic carbocycles. The molecule has 1 radical (unpaired) electrons. The van der Waals surface area contributed by atoms with Gasteiger partial charge in [-0.05, 0) is 26.1 Å². The molecule has 0 aliphatic carbocycles. The molecule has 3 heteroatoms. The van der Waals surface area contributed by atoms with Crippen molar-refractivity contribution >= 4 is 0 Å². The molecular weight excluding hydrogens is 162 g/mol. The highest BCUT2D eigenvalue weighted by Gasteiger charge is 2.13. The van der Waals surface area contributed by atoms with Crippen LogP contribution in [0.5, 0.6) is 0 Å². The smallest absolute Gasteiger partial charge is 0.0383 e. The summed E-state index contributed by atoms with van der Waals surface area (Å²) >= 11 is 0.